The van der Waals surface area contributed by atoms with Crippen molar-refractivity contribution in [1.82, 2.24) is 20.5 Å². The average Bonchev–Trinajstić information content (AvgIpc) is 2.85. The summed E-state index contributed by atoms with van der Waals surface area (Å²) in [5.74, 6) is 0.432. The van der Waals surface area contributed by atoms with E-state index in [0.717, 1.165) is 24.1 Å². The van der Waals surface area contributed by atoms with Crippen LogP contribution in [-0.2, 0) is 0 Å². The number of H-pyrrole nitrogens is 1. The number of rotatable bonds is 5. The highest BCUT2D eigenvalue weighted by Crippen LogP contribution is 2.26. The highest BCUT2D eigenvalue weighted by atomic mass is 19.1. The van der Waals surface area contributed by atoms with Crippen LogP contribution < -0.4 is 5.32 Å². The lowest BCUT2D eigenvalue weighted by molar-refractivity contribution is 0.528. The molecule has 0 fully saturated rings. The summed E-state index contributed by atoms with van der Waals surface area (Å²) in [7, 11) is 0. The van der Waals surface area contributed by atoms with Crippen LogP contribution in [0.1, 0.15) is 41.9 Å². The van der Waals surface area contributed by atoms with E-state index in [1.165, 1.54) is 6.33 Å². The van der Waals surface area contributed by atoms with Crippen molar-refractivity contribution in [1.29, 1.82) is 0 Å². The molecule has 0 aliphatic rings. The Bertz CT molecular complexity index is 513. The molecule has 1 aromatic carbocycles. The largest absolute Gasteiger partial charge is 0.304 e. The summed E-state index contributed by atoms with van der Waals surface area (Å²) in [5.41, 5.74) is 2.48. The van der Waals surface area contributed by atoms with Crippen molar-refractivity contribution in [2.75, 3.05) is 6.54 Å². The van der Waals surface area contributed by atoms with Crippen molar-refractivity contribution in [3.63, 3.8) is 0 Å². The van der Waals surface area contributed by atoms with E-state index in [0.29, 0.717) is 11.4 Å². The van der Waals surface area contributed by atoms with Crippen LogP contribution in [0.2, 0.25) is 0 Å². The van der Waals surface area contributed by atoms with Crippen LogP contribution in [0.25, 0.3) is 0 Å². The molecule has 2 rings (SSSR count). The fourth-order valence-electron chi connectivity index (χ4n) is 2.27. The zero-order valence-corrected chi connectivity index (χ0v) is 11.5. The third-order valence-corrected chi connectivity index (χ3v) is 3.07. The molecule has 4 nitrogen and oxygen atoms in total. The summed E-state index contributed by atoms with van der Waals surface area (Å²) in [6.07, 6.45) is 2.41. The minimum absolute atomic E-state index is 0.206. The third-order valence-electron chi connectivity index (χ3n) is 3.07. The molecule has 2 aromatic rings. The molecule has 0 saturated carbocycles. The van der Waals surface area contributed by atoms with E-state index < -0.39 is 0 Å². The predicted octanol–water partition coefficient (Wildman–Crippen LogP) is 2.65. The van der Waals surface area contributed by atoms with Gasteiger partial charge < -0.3 is 5.32 Å². The maximum absolute atomic E-state index is 14.3. The Morgan fingerprint density at radius 2 is 2.16 bits per heavy atom. The van der Waals surface area contributed by atoms with Crippen molar-refractivity contribution in [3.05, 3.63) is 46.8 Å². The average molecular weight is 262 g/mol. The number of benzene rings is 1. The molecule has 0 aliphatic heterocycles. The lowest BCUT2D eigenvalue weighted by Gasteiger charge is -2.19. The zero-order valence-electron chi connectivity index (χ0n) is 11.5. The Kier molecular flexibility index (Phi) is 4.27. The van der Waals surface area contributed by atoms with Gasteiger partial charge in [0.05, 0.1) is 6.04 Å². The number of hydrogen-bond acceptors (Lipinski definition) is 3. The number of hydrogen-bond donors (Lipinski definition) is 2. The molecular weight excluding hydrogens is 243 g/mol. The maximum atomic E-state index is 14.3. The standard InChI is InChI=1S/C14H19FN4/c1-4-5-16-13(14-17-8-18-19-14)12-10(3)6-9(2)7-11(12)15/h6-8,13,16H,4-5H2,1-3H3,(H,17,18,19). The molecule has 0 bridgehead atoms. The highest BCUT2D eigenvalue weighted by molar-refractivity contribution is 5.37. The molecule has 0 aliphatic carbocycles. The molecule has 0 spiro atoms. The Labute approximate surface area is 112 Å². The topological polar surface area (TPSA) is 53.6 Å². The first kappa shape index (κ1) is 13.7. The van der Waals surface area contributed by atoms with Crippen molar-refractivity contribution in [2.24, 2.45) is 0 Å². The summed E-state index contributed by atoms with van der Waals surface area (Å²) >= 11 is 0. The number of halogens is 1. The monoisotopic (exact) mass is 262 g/mol. The van der Waals surface area contributed by atoms with E-state index in [1.54, 1.807) is 6.07 Å². The van der Waals surface area contributed by atoms with Gasteiger partial charge in [-0.3, -0.25) is 5.10 Å². The van der Waals surface area contributed by atoms with Crippen molar-refractivity contribution in [2.45, 2.75) is 33.2 Å². The molecule has 1 heterocycles. The van der Waals surface area contributed by atoms with E-state index in [-0.39, 0.29) is 11.9 Å². The zero-order chi connectivity index (χ0) is 13.8. The molecule has 19 heavy (non-hydrogen) atoms. The normalized spacial score (nSPS) is 12.6. The fourth-order valence-corrected chi connectivity index (χ4v) is 2.27. The summed E-state index contributed by atoms with van der Waals surface area (Å²) < 4.78 is 14.3. The Hall–Kier alpha value is -1.75. The minimum atomic E-state index is -0.289. The van der Waals surface area contributed by atoms with Crippen LogP contribution >= 0.6 is 0 Å². The Balaban J connectivity index is 2.44. The molecule has 1 unspecified atom stereocenters. The first-order valence-corrected chi connectivity index (χ1v) is 6.48. The van der Waals surface area contributed by atoms with Gasteiger partial charge in [0.15, 0.2) is 0 Å². The van der Waals surface area contributed by atoms with E-state index in [4.69, 9.17) is 0 Å². The van der Waals surface area contributed by atoms with Gasteiger partial charge in [0.2, 0.25) is 0 Å². The SMILES string of the molecule is CCCNC(c1ncn[nH]1)c1c(C)cc(C)cc1F. The highest BCUT2D eigenvalue weighted by Gasteiger charge is 2.22. The van der Waals surface area contributed by atoms with Gasteiger partial charge >= 0.3 is 0 Å². The number of nitrogens with one attached hydrogen (secondary N) is 2. The maximum Gasteiger partial charge on any atom is 0.146 e. The van der Waals surface area contributed by atoms with Crippen molar-refractivity contribution < 1.29 is 4.39 Å². The minimum Gasteiger partial charge on any atom is -0.304 e. The lowest BCUT2D eigenvalue weighted by atomic mass is 9.97. The molecule has 1 atom stereocenters. The quantitative estimate of drug-likeness (QED) is 0.871. The van der Waals surface area contributed by atoms with Crippen LogP contribution in [0.4, 0.5) is 4.39 Å². The predicted molar refractivity (Wildman–Crippen MR) is 72.4 cm³/mol. The van der Waals surface area contributed by atoms with E-state index >= 15 is 0 Å². The van der Waals surface area contributed by atoms with Crippen LogP contribution in [0.15, 0.2) is 18.5 Å². The number of aromatic amines is 1. The molecule has 1 aromatic heterocycles. The van der Waals surface area contributed by atoms with E-state index in [9.17, 15) is 4.39 Å². The molecule has 5 heteroatoms. The summed E-state index contributed by atoms with van der Waals surface area (Å²) in [4.78, 5) is 4.15. The first-order valence-electron chi connectivity index (χ1n) is 6.48. The summed E-state index contributed by atoms with van der Waals surface area (Å²) in [5, 5.41) is 9.99. The first-order chi connectivity index (χ1) is 9.13. The molecule has 0 saturated heterocycles. The van der Waals surface area contributed by atoms with E-state index in [2.05, 4.69) is 27.4 Å². The van der Waals surface area contributed by atoms with Crippen LogP contribution in [0.5, 0.6) is 0 Å². The number of aryl methyl sites for hydroxylation is 2. The van der Waals surface area contributed by atoms with Gasteiger partial charge in [-0.15, -0.1) is 0 Å². The number of nitrogens with zero attached hydrogens (tertiary/aromatic N) is 2. The molecule has 2 N–H and O–H groups in total. The smallest absolute Gasteiger partial charge is 0.146 e. The van der Waals surface area contributed by atoms with Gasteiger partial charge in [0.25, 0.3) is 0 Å². The Morgan fingerprint density at radius 1 is 1.37 bits per heavy atom. The Morgan fingerprint density at radius 3 is 2.74 bits per heavy atom. The van der Waals surface area contributed by atoms with Crippen molar-refractivity contribution >= 4 is 0 Å². The molecule has 102 valence electrons. The van der Waals surface area contributed by atoms with Gasteiger partial charge in [0.1, 0.15) is 18.0 Å². The molecular formula is C14H19FN4. The molecule has 0 radical (unpaired) electrons. The second kappa shape index (κ2) is 5.93. The lowest BCUT2D eigenvalue weighted by Crippen LogP contribution is -2.26. The third kappa shape index (κ3) is 2.98. The van der Waals surface area contributed by atoms with Crippen LogP contribution in [0, 0.1) is 19.7 Å². The number of aromatic nitrogens is 3. The van der Waals surface area contributed by atoms with Gasteiger partial charge in [-0.1, -0.05) is 13.0 Å². The van der Waals surface area contributed by atoms with Gasteiger partial charge in [-0.05, 0) is 44.0 Å². The summed E-state index contributed by atoms with van der Waals surface area (Å²) in [6.45, 7) is 6.67. The summed E-state index contributed by atoms with van der Waals surface area (Å²) in [6, 6.07) is 3.25. The van der Waals surface area contributed by atoms with Crippen LogP contribution in [-0.4, -0.2) is 21.7 Å². The second-order valence-electron chi connectivity index (χ2n) is 4.74. The van der Waals surface area contributed by atoms with Crippen LogP contribution in [0.3, 0.4) is 0 Å². The van der Waals surface area contributed by atoms with Gasteiger partial charge in [-0.25, -0.2) is 9.37 Å². The molecule has 0 amide bonds. The fraction of sp³-hybridized carbons (Fsp3) is 0.429. The van der Waals surface area contributed by atoms with Crippen molar-refractivity contribution in [3.8, 4) is 0 Å². The van der Waals surface area contributed by atoms with E-state index in [1.807, 2.05) is 19.9 Å². The second-order valence-corrected chi connectivity index (χ2v) is 4.74. The van der Waals surface area contributed by atoms with Gasteiger partial charge in [-0.2, -0.15) is 5.10 Å². The van der Waals surface area contributed by atoms with Gasteiger partial charge in [0, 0.05) is 5.56 Å².